The molecule has 184 valence electrons. The lowest BCUT2D eigenvalue weighted by Gasteiger charge is -2.33. The smallest absolute Gasteiger partial charge is 0.271 e. The molecule has 0 unspecified atom stereocenters. The Kier molecular flexibility index (Phi) is 5.11. The molecule has 3 aromatic carbocycles. The molecule has 3 aromatic rings. The van der Waals surface area contributed by atoms with Crippen LogP contribution in [-0.2, 0) is 9.59 Å². The maximum absolute atomic E-state index is 14.0. The number of carbonyl (C=O) groups is 3. The summed E-state index contributed by atoms with van der Waals surface area (Å²) >= 11 is 0. The number of ether oxygens (including phenoxy) is 1. The number of nitro benzene ring substituents is 1. The van der Waals surface area contributed by atoms with Crippen LogP contribution >= 0.6 is 0 Å². The van der Waals surface area contributed by atoms with Crippen molar-refractivity contribution >= 4 is 35.2 Å². The Morgan fingerprint density at radius 2 is 1.68 bits per heavy atom. The summed E-state index contributed by atoms with van der Waals surface area (Å²) < 4.78 is 5.35. The molecule has 0 saturated carbocycles. The lowest BCUT2D eigenvalue weighted by molar-refractivity contribution is -0.384. The Bertz CT molecular complexity index is 1500. The molecule has 2 fully saturated rings. The van der Waals surface area contributed by atoms with Gasteiger partial charge in [0.15, 0.2) is 5.78 Å². The summed E-state index contributed by atoms with van der Waals surface area (Å²) in [7, 11) is 1.35. The molecule has 0 aromatic heterocycles. The topological polar surface area (TPSA) is 122 Å². The third kappa shape index (κ3) is 3.25. The molecule has 10 heteroatoms. The monoisotopic (exact) mass is 496 g/mol. The molecule has 4 atom stereocenters. The van der Waals surface area contributed by atoms with E-state index in [2.05, 4.69) is 5.10 Å². The molecular weight excluding hydrogens is 476 g/mol. The zero-order chi connectivity index (χ0) is 25.8. The Hall–Kier alpha value is -4.86. The molecule has 0 N–H and O–H groups in total. The Morgan fingerprint density at radius 1 is 0.973 bits per heavy atom. The maximum Gasteiger partial charge on any atom is 0.271 e. The van der Waals surface area contributed by atoms with E-state index in [1.807, 2.05) is 24.3 Å². The van der Waals surface area contributed by atoms with E-state index in [1.165, 1.54) is 19.2 Å². The number of Topliss-reactive ketones (excluding diaryl/α,β-unsaturated/α-hetero) is 1. The highest BCUT2D eigenvalue weighted by molar-refractivity contribution is 6.25. The van der Waals surface area contributed by atoms with Crippen LogP contribution < -0.4 is 9.64 Å². The van der Waals surface area contributed by atoms with Crippen molar-refractivity contribution in [1.29, 1.82) is 0 Å². The third-order valence-corrected chi connectivity index (χ3v) is 7.23. The van der Waals surface area contributed by atoms with Gasteiger partial charge in [-0.1, -0.05) is 54.6 Å². The van der Waals surface area contributed by atoms with Crippen molar-refractivity contribution in [1.82, 2.24) is 5.01 Å². The molecule has 10 nitrogen and oxygen atoms in total. The van der Waals surface area contributed by atoms with Crippen LogP contribution in [0.2, 0.25) is 0 Å². The fraction of sp³-hybridized carbons (Fsp3) is 0.185. The summed E-state index contributed by atoms with van der Waals surface area (Å²) in [5.41, 5.74) is 1.66. The summed E-state index contributed by atoms with van der Waals surface area (Å²) in [6, 6.07) is 18.0. The molecule has 2 saturated heterocycles. The number of hydrogen-bond acceptors (Lipinski definition) is 8. The number of hydrogen-bond donors (Lipinski definition) is 0. The summed E-state index contributed by atoms with van der Waals surface area (Å²) in [6.07, 6.45) is 1.63. The number of methoxy groups -OCH3 is 1. The van der Waals surface area contributed by atoms with E-state index < -0.39 is 40.7 Å². The quantitative estimate of drug-likeness (QED) is 0.230. The van der Waals surface area contributed by atoms with Crippen LogP contribution in [0.5, 0.6) is 5.75 Å². The number of nitro groups is 1. The molecule has 6 rings (SSSR count). The van der Waals surface area contributed by atoms with Gasteiger partial charge in [-0.2, -0.15) is 5.10 Å². The SMILES string of the molecule is COc1ccc([N+](=O)[O-])cc1N1C(=O)[C@@H]2[C@@H](C1=O)[C@H]1c3ccccc3C=NN1[C@@H]2C(=O)c1ccccc1. The molecule has 3 aliphatic rings. The average Bonchev–Trinajstić information content (AvgIpc) is 3.40. The lowest BCUT2D eigenvalue weighted by Crippen LogP contribution is -2.44. The molecule has 0 aliphatic carbocycles. The van der Waals surface area contributed by atoms with Gasteiger partial charge in [0, 0.05) is 17.7 Å². The fourth-order valence-electron chi connectivity index (χ4n) is 5.65. The van der Waals surface area contributed by atoms with Crippen molar-refractivity contribution < 1.29 is 24.0 Å². The molecule has 0 bridgehead atoms. The van der Waals surface area contributed by atoms with Gasteiger partial charge < -0.3 is 4.74 Å². The van der Waals surface area contributed by atoms with Crippen molar-refractivity contribution in [2.75, 3.05) is 12.0 Å². The largest absolute Gasteiger partial charge is 0.495 e. The third-order valence-electron chi connectivity index (χ3n) is 7.23. The lowest BCUT2D eigenvalue weighted by atomic mass is 9.83. The predicted molar refractivity (Wildman–Crippen MR) is 132 cm³/mol. The van der Waals surface area contributed by atoms with E-state index in [-0.39, 0.29) is 22.9 Å². The fourth-order valence-corrected chi connectivity index (χ4v) is 5.65. The van der Waals surface area contributed by atoms with E-state index in [4.69, 9.17) is 4.74 Å². The maximum atomic E-state index is 14.0. The first-order valence-corrected chi connectivity index (χ1v) is 11.6. The normalized spacial score (nSPS) is 23.5. The average molecular weight is 496 g/mol. The number of non-ortho nitro benzene ring substituents is 1. The highest BCUT2D eigenvalue weighted by atomic mass is 16.6. The van der Waals surface area contributed by atoms with Crippen LogP contribution in [0.3, 0.4) is 0 Å². The Morgan fingerprint density at radius 3 is 2.41 bits per heavy atom. The van der Waals surface area contributed by atoms with Gasteiger partial charge in [-0.15, -0.1) is 0 Å². The van der Waals surface area contributed by atoms with E-state index in [1.54, 1.807) is 41.6 Å². The number of fused-ring (bicyclic) bond motifs is 5. The zero-order valence-electron chi connectivity index (χ0n) is 19.6. The van der Waals surface area contributed by atoms with Crippen molar-refractivity contribution in [2.45, 2.75) is 12.1 Å². The number of rotatable bonds is 5. The van der Waals surface area contributed by atoms with Crippen molar-refractivity contribution in [3.8, 4) is 5.75 Å². The van der Waals surface area contributed by atoms with Gasteiger partial charge in [0.25, 0.3) is 5.69 Å². The number of carbonyl (C=O) groups excluding carboxylic acids is 3. The van der Waals surface area contributed by atoms with Crippen molar-refractivity contribution in [3.05, 3.63) is 99.6 Å². The van der Waals surface area contributed by atoms with Gasteiger partial charge in [0.05, 0.1) is 36.1 Å². The van der Waals surface area contributed by atoms with Crippen LogP contribution in [-0.4, -0.2) is 46.9 Å². The minimum Gasteiger partial charge on any atom is -0.495 e. The second kappa shape index (κ2) is 8.37. The highest BCUT2D eigenvalue weighted by Crippen LogP contribution is 2.54. The summed E-state index contributed by atoms with van der Waals surface area (Å²) in [5, 5.41) is 17.6. The summed E-state index contributed by atoms with van der Waals surface area (Å²) in [4.78, 5) is 53.6. The number of anilines is 1. The summed E-state index contributed by atoms with van der Waals surface area (Å²) in [6.45, 7) is 0. The first-order chi connectivity index (χ1) is 17.9. The van der Waals surface area contributed by atoms with Crippen LogP contribution in [0.1, 0.15) is 27.5 Å². The number of amides is 2. The second-order valence-electron chi connectivity index (χ2n) is 9.05. The molecule has 0 spiro atoms. The number of benzene rings is 3. The molecule has 0 radical (unpaired) electrons. The Labute approximate surface area is 210 Å². The van der Waals surface area contributed by atoms with E-state index in [9.17, 15) is 24.5 Å². The van der Waals surface area contributed by atoms with Gasteiger partial charge in [0.2, 0.25) is 11.8 Å². The number of hydrazone groups is 1. The van der Waals surface area contributed by atoms with Gasteiger partial charge >= 0.3 is 0 Å². The van der Waals surface area contributed by atoms with Crippen LogP contribution in [0, 0.1) is 22.0 Å². The van der Waals surface area contributed by atoms with Crippen LogP contribution in [0.4, 0.5) is 11.4 Å². The summed E-state index contributed by atoms with van der Waals surface area (Å²) in [5.74, 6) is -3.34. The Balaban J connectivity index is 1.52. The van der Waals surface area contributed by atoms with E-state index in [0.717, 1.165) is 22.1 Å². The zero-order valence-corrected chi connectivity index (χ0v) is 19.6. The molecular formula is C27H20N4O6. The van der Waals surface area contributed by atoms with Crippen LogP contribution in [0.15, 0.2) is 77.9 Å². The van der Waals surface area contributed by atoms with Gasteiger partial charge in [-0.05, 0) is 17.2 Å². The first kappa shape index (κ1) is 22.6. The first-order valence-electron chi connectivity index (χ1n) is 11.6. The molecule has 3 aliphatic heterocycles. The van der Waals surface area contributed by atoms with Gasteiger partial charge in [-0.25, -0.2) is 4.90 Å². The standard InChI is InChI=1S/C27H20N4O6/c1-37-20-12-11-17(31(35)36)13-19(20)29-26(33)21-22(27(29)34)24(25(32)15-7-3-2-4-8-15)30-23(21)18-10-6-5-9-16(18)14-28-30/h2-14,21-24H,1H3/t21-,22-,23-,24+/m1/s1. The molecule has 37 heavy (non-hydrogen) atoms. The second-order valence-corrected chi connectivity index (χ2v) is 9.05. The minimum atomic E-state index is -1.04. The van der Waals surface area contributed by atoms with Crippen molar-refractivity contribution in [2.24, 2.45) is 16.9 Å². The molecule has 3 heterocycles. The van der Waals surface area contributed by atoms with Crippen molar-refractivity contribution in [3.63, 3.8) is 0 Å². The van der Waals surface area contributed by atoms with E-state index >= 15 is 0 Å². The van der Waals surface area contributed by atoms with Gasteiger partial charge in [-0.3, -0.25) is 29.5 Å². The number of ketones is 1. The minimum absolute atomic E-state index is 0.0221. The predicted octanol–water partition coefficient (Wildman–Crippen LogP) is 3.36. The number of nitrogens with zero attached hydrogens (tertiary/aromatic N) is 4. The van der Waals surface area contributed by atoms with Gasteiger partial charge in [0.1, 0.15) is 17.5 Å². The van der Waals surface area contributed by atoms with E-state index in [0.29, 0.717) is 5.56 Å². The number of imide groups is 1. The molecule has 2 amide bonds. The van der Waals surface area contributed by atoms with Crippen LogP contribution in [0.25, 0.3) is 0 Å². The highest BCUT2D eigenvalue weighted by Gasteiger charge is 2.65.